The van der Waals surface area contributed by atoms with E-state index >= 15 is 0 Å². The van der Waals surface area contributed by atoms with Crippen LogP contribution in [0.15, 0.2) is 42.5 Å². The molecule has 6 heteroatoms. The second-order valence-electron chi connectivity index (χ2n) is 4.30. The smallest absolute Gasteiger partial charge is 0.416 e. The van der Waals surface area contributed by atoms with E-state index in [0.29, 0.717) is 17.2 Å². The number of rotatable bonds is 4. The van der Waals surface area contributed by atoms with Gasteiger partial charge in [-0.1, -0.05) is 0 Å². The first-order valence-corrected chi connectivity index (χ1v) is 6.16. The van der Waals surface area contributed by atoms with Crippen molar-refractivity contribution in [3.05, 3.63) is 53.6 Å². The summed E-state index contributed by atoms with van der Waals surface area (Å²) in [7, 11) is 1.54. The van der Waals surface area contributed by atoms with Gasteiger partial charge in [0.15, 0.2) is 0 Å². The van der Waals surface area contributed by atoms with Crippen LogP contribution in [0.25, 0.3) is 0 Å². The summed E-state index contributed by atoms with van der Waals surface area (Å²) in [5, 5.41) is 0. The summed E-state index contributed by atoms with van der Waals surface area (Å²) in [6.07, 6.45) is -4.42. The summed E-state index contributed by atoms with van der Waals surface area (Å²) in [5.74, 6) is 1.46. The van der Waals surface area contributed by atoms with E-state index in [1.165, 1.54) is 12.1 Å². The number of nitrogens with two attached hydrogens (primary N) is 1. The average molecular weight is 297 g/mol. The highest BCUT2D eigenvalue weighted by Crippen LogP contribution is 2.34. The van der Waals surface area contributed by atoms with Crippen molar-refractivity contribution in [1.29, 1.82) is 0 Å². The highest BCUT2D eigenvalue weighted by Gasteiger charge is 2.33. The van der Waals surface area contributed by atoms with Crippen LogP contribution in [0.2, 0.25) is 0 Å². The maximum atomic E-state index is 12.8. The van der Waals surface area contributed by atoms with Gasteiger partial charge in [-0.2, -0.15) is 13.2 Å². The van der Waals surface area contributed by atoms with Crippen LogP contribution in [0.5, 0.6) is 17.2 Å². The van der Waals surface area contributed by atoms with Gasteiger partial charge in [-0.3, -0.25) is 0 Å². The van der Waals surface area contributed by atoms with Crippen LogP contribution in [-0.4, -0.2) is 7.11 Å². The molecule has 0 aliphatic heterocycles. The fourth-order valence-corrected chi connectivity index (χ4v) is 1.86. The van der Waals surface area contributed by atoms with Crippen LogP contribution >= 0.6 is 0 Å². The Bertz CT molecular complexity index is 609. The van der Waals surface area contributed by atoms with E-state index in [0.717, 1.165) is 6.07 Å². The zero-order valence-corrected chi connectivity index (χ0v) is 11.3. The standard InChI is InChI=1S/C15H14F3NO2/c1-20-11-2-4-12(5-3-11)21-13-6-7-14(15(16,17)18)10(8-13)9-19/h2-8H,9,19H2,1H3. The lowest BCUT2D eigenvalue weighted by atomic mass is 10.1. The van der Waals surface area contributed by atoms with Gasteiger partial charge in [0, 0.05) is 6.54 Å². The topological polar surface area (TPSA) is 44.5 Å². The molecular weight excluding hydrogens is 283 g/mol. The van der Waals surface area contributed by atoms with Gasteiger partial charge in [0.1, 0.15) is 17.2 Å². The Morgan fingerprint density at radius 2 is 1.52 bits per heavy atom. The minimum atomic E-state index is -4.42. The number of halogens is 3. The molecule has 0 atom stereocenters. The van der Waals surface area contributed by atoms with Crippen molar-refractivity contribution >= 4 is 0 Å². The molecule has 0 heterocycles. The molecule has 3 nitrogen and oxygen atoms in total. The molecule has 0 saturated carbocycles. The van der Waals surface area contributed by atoms with Gasteiger partial charge in [0.25, 0.3) is 0 Å². The van der Waals surface area contributed by atoms with Crippen molar-refractivity contribution in [2.45, 2.75) is 12.7 Å². The van der Waals surface area contributed by atoms with E-state index in [4.69, 9.17) is 15.2 Å². The number of methoxy groups -OCH3 is 1. The van der Waals surface area contributed by atoms with Crippen LogP contribution in [-0.2, 0) is 12.7 Å². The lowest BCUT2D eigenvalue weighted by Gasteiger charge is -2.13. The number of hydrogen-bond donors (Lipinski definition) is 1. The monoisotopic (exact) mass is 297 g/mol. The maximum absolute atomic E-state index is 12.8. The summed E-state index contributed by atoms with van der Waals surface area (Å²) in [5.41, 5.74) is 4.63. The first kappa shape index (κ1) is 15.2. The quantitative estimate of drug-likeness (QED) is 0.929. The van der Waals surface area contributed by atoms with Crippen molar-refractivity contribution in [1.82, 2.24) is 0 Å². The molecule has 112 valence electrons. The van der Waals surface area contributed by atoms with Gasteiger partial charge in [-0.25, -0.2) is 0 Å². The second-order valence-corrected chi connectivity index (χ2v) is 4.30. The molecule has 0 radical (unpaired) electrons. The molecule has 0 unspecified atom stereocenters. The molecular formula is C15H14F3NO2. The maximum Gasteiger partial charge on any atom is 0.416 e. The lowest BCUT2D eigenvalue weighted by Crippen LogP contribution is -2.11. The van der Waals surface area contributed by atoms with Crippen molar-refractivity contribution in [2.75, 3.05) is 7.11 Å². The molecule has 0 aliphatic rings. The summed E-state index contributed by atoms with van der Waals surface area (Å²) in [6.45, 7) is -0.214. The van der Waals surface area contributed by atoms with Gasteiger partial charge in [-0.05, 0) is 48.0 Å². The largest absolute Gasteiger partial charge is 0.497 e. The molecule has 0 saturated heterocycles. The Hall–Kier alpha value is -2.21. The highest BCUT2D eigenvalue weighted by atomic mass is 19.4. The van der Waals surface area contributed by atoms with Crippen LogP contribution < -0.4 is 15.2 Å². The first-order valence-electron chi connectivity index (χ1n) is 6.16. The third-order valence-electron chi connectivity index (χ3n) is 2.90. The van der Waals surface area contributed by atoms with E-state index in [2.05, 4.69) is 0 Å². The van der Waals surface area contributed by atoms with Gasteiger partial charge in [-0.15, -0.1) is 0 Å². The van der Waals surface area contributed by atoms with Gasteiger partial charge in [0.2, 0.25) is 0 Å². The number of hydrogen-bond acceptors (Lipinski definition) is 3. The highest BCUT2D eigenvalue weighted by molar-refractivity contribution is 5.40. The van der Waals surface area contributed by atoms with Crippen molar-refractivity contribution in [2.24, 2.45) is 5.73 Å². The van der Waals surface area contributed by atoms with Gasteiger partial charge >= 0.3 is 6.18 Å². The predicted molar refractivity (Wildman–Crippen MR) is 72.4 cm³/mol. The fourth-order valence-electron chi connectivity index (χ4n) is 1.86. The summed E-state index contributed by atoms with van der Waals surface area (Å²) in [6, 6.07) is 10.3. The number of ether oxygens (including phenoxy) is 2. The molecule has 2 aromatic rings. The van der Waals surface area contributed by atoms with Crippen LogP contribution in [0.1, 0.15) is 11.1 Å². The van der Waals surface area contributed by atoms with Crippen LogP contribution in [0, 0.1) is 0 Å². The molecule has 2 N–H and O–H groups in total. The van der Waals surface area contributed by atoms with Gasteiger partial charge in [0.05, 0.1) is 12.7 Å². The minimum Gasteiger partial charge on any atom is -0.497 e. The molecule has 0 amide bonds. The van der Waals surface area contributed by atoms with E-state index in [-0.39, 0.29) is 12.1 Å². The molecule has 21 heavy (non-hydrogen) atoms. The third kappa shape index (κ3) is 3.66. The van der Waals surface area contributed by atoms with E-state index in [9.17, 15) is 13.2 Å². The fraction of sp³-hybridized carbons (Fsp3) is 0.200. The molecule has 0 bridgehead atoms. The molecule has 0 spiro atoms. The Balaban J connectivity index is 2.24. The summed E-state index contributed by atoms with van der Waals surface area (Å²) >= 11 is 0. The number of alkyl halides is 3. The minimum absolute atomic E-state index is 0.00601. The third-order valence-corrected chi connectivity index (χ3v) is 2.90. The Kier molecular flexibility index (Phi) is 4.37. The van der Waals surface area contributed by atoms with Crippen molar-refractivity contribution in [3.8, 4) is 17.2 Å². The SMILES string of the molecule is COc1ccc(Oc2ccc(C(F)(F)F)c(CN)c2)cc1. The molecule has 0 aromatic heterocycles. The molecule has 0 aliphatic carbocycles. The Labute approximate surface area is 120 Å². The first-order chi connectivity index (χ1) is 9.94. The second kappa shape index (κ2) is 6.05. The predicted octanol–water partition coefficient (Wildman–Crippen LogP) is 3.97. The molecule has 2 rings (SSSR count). The summed E-state index contributed by atoms with van der Waals surface area (Å²) < 4.78 is 48.8. The Morgan fingerprint density at radius 1 is 0.952 bits per heavy atom. The van der Waals surface area contributed by atoms with Crippen LogP contribution in [0.4, 0.5) is 13.2 Å². The average Bonchev–Trinajstić information content (AvgIpc) is 2.46. The van der Waals surface area contributed by atoms with Gasteiger partial charge < -0.3 is 15.2 Å². The normalized spacial score (nSPS) is 11.3. The zero-order chi connectivity index (χ0) is 15.5. The summed E-state index contributed by atoms with van der Waals surface area (Å²) in [4.78, 5) is 0. The van der Waals surface area contributed by atoms with E-state index < -0.39 is 11.7 Å². The van der Waals surface area contributed by atoms with E-state index in [1.807, 2.05) is 0 Å². The van der Waals surface area contributed by atoms with Crippen molar-refractivity contribution < 1.29 is 22.6 Å². The van der Waals surface area contributed by atoms with Crippen LogP contribution in [0.3, 0.4) is 0 Å². The Morgan fingerprint density at radius 3 is 2.05 bits per heavy atom. The number of benzene rings is 2. The lowest BCUT2D eigenvalue weighted by molar-refractivity contribution is -0.138. The van der Waals surface area contributed by atoms with Crippen molar-refractivity contribution in [3.63, 3.8) is 0 Å². The zero-order valence-electron chi connectivity index (χ0n) is 11.3. The van der Waals surface area contributed by atoms with E-state index in [1.54, 1.807) is 31.4 Å². The molecule has 0 fully saturated rings. The molecule has 2 aromatic carbocycles.